The van der Waals surface area contributed by atoms with E-state index in [1.165, 1.54) is 22.5 Å². The van der Waals surface area contributed by atoms with Crippen molar-refractivity contribution in [3.63, 3.8) is 0 Å². The first-order valence-corrected chi connectivity index (χ1v) is 13.5. The van der Waals surface area contributed by atoms with Crippen molar-refractivity contribution in [1.29, 1.82) is 0 Å². The molecule has 5 rings (SSSR count). The number of carbonyl (C=O) groups excluding carboxylic acids is 3. The van der Waals surface area contributed by atoms with Crippen LogP contribution in [-0.2, 0) is 9.59 Å². The van der Waals surface area contributed by atoms with Gasteiger partial charge in [0.15, 0.2) is 10.9 Å². The van der Waals surface area contributed by atoms with Crippen molar-refractivity contribution in [3.05, 3.63) is 59.7 Å². The molecule has 3 amide bonds. The van der Waals surface area contributed by atoms with E-state index in [9.17, 15) is 18.8 Å². The number of aromatic nitrogens is 1. The number of thiazole rings is 1. The van der Waals surface area contributed by atoms with E-state index in [1.807, 2.05) is 6.07 Å². The Morgan fingerprint density at radius 1 is 1.08 bits per heavy atom. The van der Waals surface area contributed by atoms with Gasteiger partial charge in [-0.1, -0.05) is 37.5 Å². The number of furan rings is 1. The molecule has 194 valence electrons. The first kappa shape index (κ1) is 25.1. The summed E-state index contributed by atoms with van der Waals surface area (Å²) in [5.41, 5.74) is 1.03. The van der Waals surface area contributed by atoms with Crippen molar-refractivity contribution < 1.29 is 23.2 Å². The standard InChI is InChI=1S/C27H29FN4O4S/c28-19-14-21(25(34)31-27-29-20(16-37-27)22-12-7-13-36-22)32(15-19)26(35)23(17-8-3-1-4-9-17)30-24(33)18-10-5-2-6-11-18/h2,5-7,10-13,16-17,19,21,23H,1,3-4,8-9,14-15H2,(H,30,33)(H,29,31,34)/t19-,21-,23+/m0/s1. The summed E-state index contributed by atoms with van der Waals surface area (Å²) in [7, 11) is 0. The fourth-order valence-electron chi connectivity index (χ4n) is 5.18. The normalized spacial score (nSPS) is 20.9. The Morgan fingerprint density at radius 3 is 2.59 bits per heavy atom. The van der Waals surface area contributed by atoms with Gasteiger partial charge in [0.05, 0.1) is 12.8 Å². The van der Waals surface area contributed by atoms with Crippen molar-refractivity contribution in [2.75, 3.05) is 11.9 Å². The average Bonchev–Trinajstić information content (AvgIpc) is 3.69. The number of rotatable bonds is 7. The molecule has 3 atom stereocenters. The number of hydrogen-bond donors (Lipinski definition) is 2. The van der Waals surface area contributed by atoms with Crippen LogP contribution >= 0.6 is 11.3 Å². The van der Waals surface area contributed by atoms with Crippen molar-refractivity contribution in [2.45, 2.75) is 56.8 Å². The highest BCUT2D eigenvalue weighted by Gasteiger charge is 2.44. The Bertz CT molecular complexity index is 1230. The lowest BCUT2D eigenvalue weighted by atomic mass is 9.83. The number of alkyl halides is 1. The summed E-state index contributed by atoms with van der Waals surface area (Å²) >= 11 is 1.22. The Labute approximate surface area is 218 Å². The molecule has 0 spiro atoms. The third-order valence-corrected chi connectivity index (χ3v) is 7.81. The summed E-state index contributed by atoms with van der Waals surface area (Å²) in [6.07, 6.45) is 4.72. The summed E-state index contributed by atoms with van der Waals surface area (Å²) in [5.74, 6) is -0.749. The molecule has 1 saturated heterocycles. The Hall–Kier alpha value is -3.53. The number of nitrogens with one attached hydrogen (secondary N) is 2. The number of likely N-dealkylation sites (tertiary alicyclic amines) is 1. The Morgan fingerprint density at radius 2 is 1.86 bits per heavy atom. The Balaban J connectivity index is 1.33. The van der Waals surface area contributed by atoms with Gasteiger partial charge in [-0.05, 0) is 43.0 Å². The summed E-state index contributed by atoms with van der Waals surface area (Å²) in [6.45, 7) is -0.184. The molecule has 1 aromatic carbocycles. The van der Waals surface area contributed by atoms with E-state index in [0.717, 1.165) is 32.1 Å². The van der Waals surface area contributed by atoms with Gasteiger partial charge in [0.25, 0.3) is 5.91 Å². The molecule has 8 nitrogen and oxygen atoms in total. The van der Waals surface area contributed by atoms with Crippen LogP contribution in [0.4, 0.5) is 9.52 Å². The number of hydrogen-bond acceptors (Lipinski definition) is 6. The number of halogens is 1. The van der Waals surface area contributed by atoms with E-state index >= 15 is 0 Å². The van der Waals surface area contributed by atoms with Crippen molar-refractivity contribution in [3.8, 4) is 11.5 Å². The van der Waals surface area contributed by atoms with E-state index < -0.39 is 30.1 Å². The second-order valence-electron chi connectivity index (χ2n) is 9.56. The van der Waals surface area contributed by atoms with Gasteiger partial charge in [0.2, 0.25) is 11.8 Å². The molecule has 0 bridgehead atoms. The molecule has 2 aromatic heterocycles. The molecule has 0 radical (unpaired) electrons. The molecule has 1 aliphatic carbocycles. The van der Waals surface area contributed by atoms with E-state index in [1.54, 1.807) is 41.8 Å². The van der Waals surface area contributed by atoms with Crippen LogP contribution in [0.2, 0.25) is 0 Å². The fraction of sp³-hybridized carbons (Fsp3) is 0.407. The van der Waals surface area contributed by atoms with Crippen LogP contribution in [0.3, 0.4) is 0 Å². The zero-order chi connectivity index (χ0) is 25.8. The fourth-order valence-corrected chi connectivity index (χ4v) is 5.88. The predicted octanol–water partition coefficient (Wildman–Crippen LogP) is 4.66. The van der Waals surface area contributed by atoms with Gasteiger partial charge < -0.3 is 20.0 Å². The zero-order valence-electron chi connectivity index (χ0n) is 20.3. The van der Waals surface area contributed by atoms with Crippen LogP contribution < -0.4 is 10.6 Å². The lowest BCUT2D eigenvalue weighted by molar-refractivity contribution is -0.139. The van der Waals surface area contributed by atoms with Crippen LogP contribution in [0.15, 0.2) is 58.5 Å². The van der Waals surface area contributed by atoms with Gasteiger partial charge in [-0.15, -0.1) is 11.3 Å². The van der Waals surface area contributed by atoms with Crippen LogP contribution in [0.5, 0.6) is 0 Å². The summed E-state index contributed by atoms with van der Waals surface area (Å²) < 4.78 is 20.0. The van der Waals surface area contributed by atoms with E-state index in [-0.39, 0.29) is 24.8 Å². The molecule has 10 heteroatoms. The van der Waals surface area contributed by atoms with Crippen molar-refractivity contribution in [1.82, 2.24) is 15.2 Å². The smallest absolute Gasteiger partial charge is 0.251 e. The molecular formula is C27H29FN4O4S. The number of benzene rings is 1. The SMILES string of the molecule is O=C(N[C@@H](C(=O)N1C[C@@H](F)C[C@H]1C(=O)Nc1nc(-c2ccco2)cs1)C1CCCCC1)c1ccccc1. The molecule has 3 heterocycles. The van der Waals surface area contributed by atoms with Gasteiger partial charge in [-0.25, -0.2) is 9.37 Å². The summed E-state index contributed by atoms with van der Waals surface area (Å²) in [6, 6.07) is 10.4. The highest BCUT2D eigenvalue weighted by atomic mass is 32.1. The second-order valence-corrected chi connectivity index (χ2v) is 10.4. The summed E-state index contributed by atoms with van der Waals surface area (Å²) in [4.78, 5) is 45.7. The van der Waals surface area contributed by atoms with Crippen LogP contribution in [0, 0.1) is 5.92 Å². The lowest BCUT2D eigenvalue weighted by Gasteiger charge is -2.34. The largest absolute Gasteiger partial charge is 0.463 e. The topological polar surface area (TPSA) is 105 Å². The molecule has 2 N–H and O–H groups in total. The minimum Gasteiger partial charge on any atom is -0.463 e. The average molecular weight is 525 g/mol. The molecule has 37 heavy (non-hydrogen) atoms. The Kier molecular flexibility index (Phi) is 7.64. The van der Waals surface area contributed by atoms with Crippen LogP contribution in [0.25, 0.3) is 11.5 Å². The molecule has 1 saturated carbocycles. The third kappa shape index (κ3) is 5.74. The van der Waals surface area contributed by atoms with Crippen molar-refractivity contribution >= 4 is 34.2 Å². The third-order valence-electron chi connectivity index (χ3n) is 7.05. The molecular weight excluding hydrogens is 495 g/mol. The van der Waals surface area contributed by atoms with E-state index in [4.69, 9.17) is 4.42 Å². The molecule has 3 aromatic rings. The minimum atomic E-state index is -1.33. The monoisotopic (exact) mass is 524 g/mol. The highest BCUT2D eigenvalue weighted by Crippen LogP contribution is 2.31. The van der Waals surface area contributed by atoms with Gasteiger partial charge in [0.1, 0.15) is 23.9 Å². The first-order valence-electron chi connectivity index (χ1n) is 12.6. The number of nitrogens with zero attached hydrogens (tertiary/aromatic N) is 2. The first-order chi connectivity index (χ1) is 18.0. The van der Waals surface area contributed by atoms with Crippen LogP contribution in [-0.4, -0.2) is 52.4 Å². The molecule has 2 fully saturated rings. The minimum absolute atomic E-state index is 0.0638. The van der Waals surface area contributed by atoms with Gasteiger partial charge in [-0.3, -0.25) is 14.4 Å². The number of carbonyl (C=O) groups is 3. The maximum atomic E-state index is 14.6. The predicted molar refractivity (Wildman–Crippen MR) is 138 cm³/mol. The maximum absolute atomic E-state index is 14.6. The molecule has 2 aliphatic rings. The zero-order valence-corrected chi connectivity index (χ0v) is 21.1. The molecule has 1 aliphatic heterocycles. The van der Waals surface area contributed by atoms with Gasteiger partial charge >= 0.3 is 0 Å². The summed E-state index contributed by atoms with van der Waals surface area (Å²) in [5, 5.41) is 7.75. The van der Waals surface area contributed by atoms with Crippen molar-refractivity contribution in [2.24, 2.45) is 5.92 Å². The highest BCUT2D eigenvalue weighted by molar-refractivity contribution is 7.14. The molecule has 0 unspecified atom stereocenters. The number of amides is 3. The van der Waals surface area contributed by atoms with E-state index in [0.29, 0.717) is 22.1 Å². The van der Waals surface area contributed by atoms with Gasteiger partial charge in [-0.2, -0.15) is 0 Å². The van der Waals surface area contributed by atoms with Crippen LogP contribution in [0.1, 0.15) is 48.9 Å². The quantitative estimate of drug-likeness (QED) is 0.468. The maximum Gasteiger partial charge on any atom is 0.251 e. The van der Waals surface area contributed by atoms with E-state index in [2.05, 4.69) is 15.6 Å². The lowest BCUT2D eigenvalue weighted by Crippen LogP contribution is -2.55. The second kappa shape index (κ2) is 11.2. The number of anilines is 1. The van der Waals surface area contributed by atoms with Gasteiger partial charge in [0, 0.05) is 17.4 Å².